The zero-order chi connectivity index (χ0) is 13.0. The maximum absolute atomic E-state index is 12.8. The molecule has 0 saturated carbocycles. The van der Waals surface area contributed by atoms with E-state index in [1.807, 2.05) is 24.3 Å². The molecule has 90 valence electrons. The molecule has 2 aromatic carbocycles. The number of hydrogen-bond acceptors (Lipinski definition) is 1. The molecule has 18 heavy (non-hydrogen) atoms. The first-order chi connectivity index (χ1) is 8.65. The number of nitrogens with two attached hydrogens (primary N) is 1. The van der Waals surface area contributed by atoms with Gasteiger partial charge in [0.2, 0.25) is 5.91 Å². The van der Waals surface area contributed by atoms with Gasteiger partial charge in [-0.05, 0) is 41.0 Å². The van der Waals surface area contributed by atoms with E-state index in [2.05, 4.69) is 0 Å². The number of carbonyl (C=O) groups is 1. The van der Waals surface area contributed by atoms with Gasteiger partial charge in [0.1, 0.15) is 5.82 Å². The average Bonchev–Trinajstić information content (AvgIpc) is 2.37. The third-order valence-electron chi connectivity index (χ3n) is 2.50. The first-order valence-electron chi connectivity index (χ1n) is 5.49. The molecule has 0 aliphatic rings. The van der Waals surface area contributed by atoms with Crippen molar-refractivity contribution in [2.45, 2.75) is 0 Å². The predicted molar refractivity (Wildman–Crippen MR) is 70.1 cm³/mol. The van der Waals surface area contributed by atoms with Crippen LogP contribution in [-0.4, -0.2) is 5.91 Å². The molecule has 0 heterocycles. The Bertz CT molecular complexity index is 588. The first kappa shape index (κ1) is 12.0. The fourth-order valence-corrected chi connectivity index (χ4v) is 1.64. The van der Waals surface area contributed by atoms with Crippen molar-refractivity contribution in [1.82, 2.24) is 0 Å². The van der Waals surface area contributed by atoms with Gasteiger partial charge < -0.3 is 5.73 Å². The predicted octanol–water partition coefficient (Wildman–Crippen LogP) is 2.99. The van der Waals surface area contributed by atoms with Crippen LogP contribution in [-0.2, 0) is 4.79 Å². The fourth-order valence-electron chi connectivity index (χ4n) is 1.64. The SMILES string of the molecule is NC(=O)/C=C\c1cccc(-c2ccc(F)cc2)c1. The van der Waals surface area contributed by atoms with Gasteiger partial charge in [-0.1, -0.05) is 30.3 Å². The molecule has 0 bridgehead atoms. The zero-order valence-corrected chi connectivity index (χ0v) is 9.64. The summed E-state index contributed by atoms with van der Waals surface area (Å²) >= 11 is 0. The highest BCUT2D eigenvalue weighted by atomic mass is 19.1. The van der Waals surface area contributed by atoms with Gasteiger partial charge in [-0.25, -0.2) is 4.39 Å². The molecule has 0 saturated heterocycles. The summed E-state index contributed by atoms with van der Waals surface area (Å²) in [6.07, 6.45) is 2.96. The zero-order valence-electron chi connectivity index (χ0n) is 9.64. The van der Waals surface area contributed by atoms with Crippen LogP contribution in [0.5, 0.6) is 0 Å². The Hall–Kier alpha value is -2.42. The van der Waals surface area contributed by atoms with Gasteiger partial charge in [-0.2, -0.15) is 0 Å². The first-order valence-corrected chi connectivity index (χ1v) is 5.49. The number of amides is 1. The van der Waals surface area contributed by atoms with Crippen molar-refractivity contribution in [1.29, 1.82) is 0 Å². The van der Waals surface area contributed by atoms with Crippen molar-refractivity contribution in [3.05, 3.63) is 66.0 Å². The number of rotatable bonds is 3. The van der Waals surface area contributed by atoms with Gasteiger partial charge in [0.05, 0.1) is 0 Å². The van der Waals surface area contributed by atoms with Crippen molar-refractivity contribution >= 4 is 12.0 Å². The summed E-state index contributed by atoms with van der Waals surface area (Å²) in [4.78, 5) is 10.7. The highest BCUT2D eigenvalue weighted by Gasteiger charge is 1.98. The minimum absolute atomic E-state index is 0.261. The van der Waals surface area contributed by atoms with Crippen LogP contribution >= 0.6 is 0 Å². The van der Waals surface area contributed by atoms with E-state index >= 15 is 0 Å². The fraction of sp³-hybridized carbons (Fsp3) is 0. The van der Waals surface area contributed by atoms with E-state index in [4.69, 9.17) is 5.73 Å². The Morgan fingerprint density at radius 3 is 2.44 bits per heavy atom. The molecule has 0 aliphatic heterocycles. The van der Waals surface area contributed by atoms with Crippen LogP contribution in [0.15, 0.2) is 54.6 Å². The summed E-state index contributed by atoms with van der Waals surface area (Å²) < 4.78 is 12.8. The molecule has 1 amide bonds. The molecule has 3 heteroatoms. The van der Waals surface area contributed by atoms with Crippen molar-refractivity contribution in [3.8, 4) is 11.1 Å². The molecule has 0 unspecified atom stereocenters. The second-order valence-corrected chi connectivity index (χ2v) is 3.87. The Labute approximate surface area is 105 Å². The van der Waals surface area contributed by atoms with E-state index in [0.717, 1.165) is 16.7 Å². The van der Waals surface area contributed by atoms with E-state index in [-0.39, 0.29) is 5.82 Å². The van der Waals surface area contributed by atoms with E-state index in [1.165, 1.54) is 18.2 Å². The molecule has 0 aliphatic carbocycles. The normalized spacial score (nSPS) is 10.7. The lowest BCUT2D eigenvalue weighted by Crippen LogP contribution is -2.05. The van der Waals surface area contributed by atoms with Crippen LogP contribution in [0.3, 0.4) is 0 Å². The van der Waals surface area contributed by atoms with Gasteiger partial charge in [0.25, 0.3) is 0 Å². The maximum Gasteiger partial charge on any atom is 0.241 e. The molecular weight excluding hydrogens is 229 g/mol. The number of halogens is 1. The van der Waals surface area contributed by atoms with Crippen molar-refractivity contribution in [2.75, 3.05) is 0 Å². The van der Waals surface area contributed by atoms with E-state index in [0.29, 0.717) is 0 Å². The van der Waals surface area contributed by atoms with Gasteiger partial charge in [-0.3, -0.25) is 4.79 Å². The van der Waals surface area contributed by atoms with Crippen LogP contribution in [0.1, 0.15) is 5.56 Å². The molecule has 2 N–H and O–H groups in total. The Balaban J connectivity index is 2.32. The summed E-state index contributed by atoms with van der Waals surface area (Å²) in [5, 5.41) is 0. The largest absolute Gasteiger partial charge is 0.366 e. The standard InChI is InChI=1S/C15H12FNO/c16-14-7-5-12(6-8-14)13-3-1-2-11(10-13)4-9-15(17)18/h1-10H,(H2,17,18)/b9-4-. The Kier molecular flexibility index (Phi) is 3.53. The number of primary amides is 1. The molecule has 2 rings (SSSR count). The van der Waals surface area contributed by atoms with Crippen molar-refractivity contribution in [3.63, 3.8) is 0 Å². The molecular formula is C15H12FNO. The lowest BCUT2D eigenvalue weighted by atomic mass is 10.0. The van der Waals surface area contributed by atoms with Gasteiger partial charge >= 0.3 is 0 Å². The van der Waals surface area contributed by atoms with Gasteiger partial charge in [0, 0.05) is 6.08 Å². The molecule has 0 aromatic heterocycles. The highest BCUT2D eigenvalue weighted by molar-refractivity contribution is 5.90. The lowest BCUT2D eigenvalue weighted by Gasteiger charge is -2.02. The summed E-state index contributed by atoms with van der Waals surface area (Å²) in [7, 11) is 0. The summed E-state index contributed by atoms with van der Waals surface area (Å²) in [6.45, 7) is 0. The smallest absolute Gasteiger partial charge is 0.241 e. The number of carbonyl (C=O) groups excluding carboxylic acids is 1. The van der Waals surface area contributed by atoms with Crippen molar-refractivity contribution < 1.29 is 9.18 Å². The Morgan fingerprint density at radius 2 is 1.78 bits per heavy atom. The van der Waals surface area contributed by atoms with Crippen LogP contribution < -0.4 is 5.73 Å². The van der Waals surface area contributed by atoms with E-state index in [1.54, 1.807) is 18.2 Å². The second kappa shape index (κ2) is 5.27. The lowest BCUT2D eigenvalue weighted by molar-refractivity contribution is -0.113. The second-order valence-electron chi connectivity index (χ2n) is 3.87. The molecule has 2 nitrogen and oxygen atoms in total. The minimum Gasteiger partial charge on any atom is -0.366 e. The summed E-state index contributed by atoms with van der Waals surface area (Å²) in [6, 6.07) is 13.8. The third-order valence-corrected chi connectivity index (χ3v) is 2.50. The molecule has 2 aromatic rings. The third kappa shape index (κ3) is 3.04. The minimum atomic E-state index is -0.484. The average molecular weight is 241 g/mol. The molecule has 0 atom stereocenters. The van der Waals surface area contributed by atoms with E-state index < -0.39 is 5.91 Å². The van der Waals surface area contributed by atoms with Gasteiger partial charge in [0.15, 0.2) is 0 Å². The van der Waals surface area contributed by atoms with Crippen LogP contribution in [0.4, 0.5) is 4.39 Å². The highest BCUT2D eigenvalue weighted by Crippen LogP contribution is 2.21. The molecule has 0 fully saturated rings. The molecule has 0 radical (unpaired) electrons. The summed E-state index contributed by atoms with van der Waals surface area (Å²) in [5.74, 6) is -0.745. The molecule has 0 spiro atoms. The van der Waals surface area contributed by atoms with Crippen molar-refractivity contribution in [2.24, 2.45) is 5.73 Å². The topological polar surface area (TPSA) is 43.1 Å². The quantitative estimate of drug-likeness (QED) is 0.825. The maximum atomic E-state index is 12.8. The van der Waals surface area contributed by atoms with Crippen LogP contribution in [0.25, 0.3) is 17.2 Å². The number of benzene rings is 2. The summed E-state index contributed by atoms with van der Waals surface area (Å²) in [5.41, 5.74) is 7.79. The van der Waals surface area contributed by atoms with Crippen LogP contribution in [0, 0.1) is 5.82 Å². The Morgan fingerprint density at radius 1 is 1.06 bits per heavy atom. The van der Waals surface area contributed by atoms with Crippen LogP contribution in [0.2, 0.25) is 0 Å². The van der Waals surface area contributed by atoms with E-state index in [9.17, 15) is 9.18 Å². The monoisotopic (exact) mass is 241 g/mol. The van der Waals surface area contributed by atoms with Gasteiger partial charge in [-0.15, -0.1) is 0 Å². The number of hydrogen-bond donors (Lipinski definition) is 1.